The second-order valence-electron chi connectivity index (χ2n) is 3.78. The van der Waals surface area contributed by atoms with Crippen molar-refractivity contribution in [1.82, 2.24) is 4.90 Å². The third-order valence-corrected chi connectivity index (χ3v) is 2.60. The molecule has 1 saturated heterocycles. The van der Waals surface area contributed by atoms with Gasteiger partial charge in [-0.25, -0.2) is 0 Å². The Balaban J connectivity index is 2.00. The fourth-order valence-electron chi connectivity index (χ4n) is 1.71. The van der Waals surface area contributed by atoms with Crippen molar-refractivity contribution in [2.24, 2.45) is 0 Å². The Kier molecular flexibility index (Phi) is 3.08. The lowest BCUT2D eigenvalue weighted by Gasteiger charge is -2.26. The number of benzene rings is 1. The summed E-state index contributed by atoms with van der Waals surface area (Å²) in [7, 11) is 0. The van der Waals surface area contributed by atoms with E-state index in [1.165, 1.54) is 0 Å². The minimum absolute atomic E-state index is 0.167. The number of aromatic hydroxyl groups is 1. The van der Waals surface area contributed by atoms with E-state index < -0.39 is 0 Å². The first kappa shape index (κ1) is 10.3. The Hall–Kier alpha value is -1.26. The number of phenolic OH excluding ortho intramolecular Hbond substituents is 1. The number of phenols is 1. The first-order valence-corrected chi connectivity index (χ1v) is 5.13. The molecule has 0 atom stereocenters. The molecule has 4 heteroatoms. The quantitative estimate of drug-likeness (QED) is 0.557. The van der Waals surface area contributed by atoms with Gasteiger partial charge in [-0.15, -0.1) is 0 Å². The highest BCUT2D eigenvalue weighted by Gasteiger charge is 2.11. The molecule has 82 valence electrons. The van der Waals surface area contributed by atoms with Crippen molar-refractivity contribution in [2.45, 2.75) is 6.54 Å². The molecule has 0 aromatic heterocycles. The lowest BCUT2D eigenvalue weighted by molar-refractivity contribution is 0.0342. The van der Waals surface area contributed by atoms with Crippen LogP contribution in [0.15, 0.2) is 18.2 Å². The van der Waals surface area contributed by atoms with Gasteiger partial charge in [-0.1, -0.05) is 6.07 Å². The highest BCUT2D eigenvalue weighted by atomic mass is 16.5. The van der Waals surface area contributed by atoms with E-state index in [1.807, 2.05) is 6.07 Å². The van der Waals surface area contributed by atoms with Gasteiger partial charge in [-0.2, -0.15) is 0 Å². The molecule has 0 radical (unpaired) electrons. The molecule has 1 aromatic carbocycles. The number of hydrogen-bond acceptors (Lipinski definition) is 4. The van der Waals surface area contributed by atoms with Gasteiger partial charge in [0, 0.05) is 19.6 Å². The SMILES string of the molecule is Nc1ccc(CN2CCOCC2)cc1O. The molecule has 0 aliphatic carbocycles. The maximum Gasteiger partial charge on any atom is 0.138 e. The van der Waals surface area contributed by atoms with Crippen LogP contribution in [-0.2, 0) is 11.3 Å². The van der Waals surface area contributed by atoms with Gasteiger partial charge in [-0.05, 0) is 17.7 Å². The van der Waals surface area contributed by atoms with Crippen LogP contribution < -0.4 is 5.73 Å². The van der Waals surface area contributed by atoms with Crippen molar-refractivity contribution < 1.29 is 9.84 Å². The Morgan fingerprint density at radius 1 is 1.33 bits per heavy atom. The van der Waals surface area contributed by atoms with Crippen LogP contribution in [0.5, 0.6) is 5.75 Å². The Morgan fingerprint density at radius 3 is 2.73 bits per heavy atom. The predicted octanol–water partition coefficient (Wildman–Crippen LogP) is 0.807. The maximum atomic E-state index is 9.46. The van der Waals surface area contributed by atoms with E-state index in [4.69, 9.17) is 10.5 Å². The zero-order chi connectivity index (χ0) is 10.7. The van der Waals surface area contributed by atoms with Crippen molar-refractivity contribution in [3.8, 4) is 5.75 Å². The normalized spacial score (nSPS) is 17.9. The molecule has 2 rings (SSSR count). The first-order valence-electron chi connectivity index (χ1n) is 5.13. The first-order chi connectivity index (χ1) is 7.25. The van der Waals surface area contributed by atoms with Crippen LogP contribution in [-0.4, -0.2) is 36.3 Å². The van der Waals surface area contributed by atoms with Gasteiger partial charge in [0.25, 0.3) is 0 Å². The minimum Gasteiger partial charge on any atom is -0.506 e. The highest BCUT2D eigenvalue weighted by molar-refractivity contribution is 5.52. The summed E-state index contributed by atoms with van der Waals surface area (Å²) in [6, 6.07) is 5.42. The van der Waals surface area contributed by atoms with Gasteiger partial charge >= 0.3 is 0 Å². The van der Waals surface area contributed by atoms with E-state index in [0.717, 1.165) is 38.4 Å². The van der Waals surface area contributed by atoms with Crippen LogP contribution in [0.25, 0.3) is 0 Å². The highest BCUT2D eigenvalue weighted by Crippen LogP contribution is 2.21. The molecule has 0 amide bonds. The van der Waals surface area contributed by atoms with E-state index in [0.29, 0.717) is 5.69 Å². The molecule has 1 aliphatic rings. The van der Waals surface area contributed by atoms with Crippen LogP contribution in [0.2, 0.25) is 0 Å². The van der Waals surface area contributed by atoms with Crippen molar-refractivity contribution in [3.05, 3.63) is 23.8 Å². The van der Waals surface area contributed by atoms with Crippen LogP contribution >= 0.6 is 0 Å². The van der Waals surface area contributed by atoms with Gasteiger partial charge in [0.1, 0.15) is 5.75 Å². The van der Waals surface area contributed by atoms with Gasteiger partial charge in [-0.3, -0.25) is 4.90 Å². The Morgan fingerprint density at radius 2 is 2.07 bits per heavy atom. The summed E-state index contributed by atoms with van der Waals surface area (Å²) < 4.78 is 5.27. The third kappa shape index (κ3) is 2.61. The van der Waals surface area contributed by atoms with E-state index in [9.17, 15) is 5.11 Å². The van der Waals surface area contributed by atoms with Crippen molar-refractivity contribution in [2.75, 3.05) is 32.0 Å². The summed E-state index contributed by atoms with van der Waals surface area (Å²) in [5.41, 5.74) is 7.06. The van der Waals surface area contributed by atoms with E-state index in [2.05, 4.69) is 4.90 Å². The average Bonchev–Trinajstić information content (AvgIpc) is 2.25. The zero-order valence-electron chi connectivity index (χ0n) is 8.65. The summed E-state index contributed by atoms with van der Waals surface area (Å²) in [4.78, 5) is 2.30. The molecule has 4 nitrogen and oxygen atoms in total. The fraction of sp³-hybridized carbons (Fsp3) is 0.455. The lowest BCUT2D eigenvalue weighted by Crippen LogP contribution is -2.35. The molecule has 0 saturated carbocycles. The molecule has 0 bridgehead atoms. The molecule has 1 aromatic rings. The number of nitrogens with zero attached hydrogens (tertiary/aromatic N) is 1. The summed E-state index contributed by atoms with van der Waals surface area (Å²) in [5.74, 6) is 0.167. The molecule has 0 spiro atoms. The van der Waals surface area contributed by atoms with Gasteiger partial charge in [0.05, 0.1) is 18.9 Å². The van der Waals surface area contributed by atoms with E-state index in [1.54, 1.807) is 12.1 Å². The van der Waals surface area contributed by atoms with Crippen molar-refractivity contribution >= 4 is 5.69 Å². The standard InChI is InChI=1S/C11H16N2O2/c12-10-2-1-9(7-11(10)14)8-13-3-5-15-6-4-13/h1-2,7,14H,3-6,8,12H2. The third-order valence-electron chi connectivity index (χ3n) is 2.60. The zero-order valence-corrected chi connectivity index (χ0v) is 8.65. The second-order valence-corrected chi connectivity index (χ2v) is 3.78. The van der Waals surface area contributed by atoms with Gasteiger partial charge in [0.2, 0.25) is 0 Å². The Labute approximate surface area is 89.3 Å². The number of anilines is 1. The maximum absolute atomic E-state index is 9.46. The number of morpholine rings is 1. The molecular formula is C11H16N2O2. The number of ether oxygens (including phenoxy) is 1. The predicted molar refractivity (Wildman–Crippen MR) is 58.6 cm³/mol. The largest absolute Gasteiger partial charge is 0.506 e. The van der Waals surface area contributed by atoms with Crippen LogP contribution in [0, 0.1) is 0 Å². The number of nitrogens with two attached hydrogens (primary N) is 1. The van der Waals surface area contributed by atoms with Crippen molar-refractivity contribution in [3.63, 3.8) is 0 Å². The van der Waals surface area contributed by atoms with Crippen LogP contribution in [0.1, 0.15) is 5.56 Å². The van der Waals surface area contributed by atoms with Crippen molar-refractivity contribution in [1.29, 1.82) is 0 Å². The Bertz CT molecular complexity index is 335. The van der Waals surface area contributed by atoms with Gasteiger partial charge < -0.3 is 15.6 Å². The molecule has 3 N–H and O–H groups in total. The van der Waals surface area contributed by atoms with E-state index in [-0.39, 0.29) is 5.75 Å². The van der Waals surface area contributed by atoms with Crippen LogP contribution in [0.4, 0.5) is 5.69 Å². The molecule has 15 heavy (non-hydrogen) atoms. The second kappa shape index (κ2) is 4.51. The van der Waals surface area contributed by atoms with Crippen LogP contribution in [0.3, 0.4) is 0 Å². The van der Waals surface area contributed by atoms with E-state index >= 15 is 0 Å². The lowest BCUT2D eigenvalue weighted by atomic mass is 10.1. The average molecular weight is 208 g/mol. The summed E-state index contributed by atoms with van der Waals surface area (Å²) in [6.07, 6.45) is 0. The summed E-state index contributed by atoms with van der Waals surface area (Å²) in [5, 5.41) is 9.46. The molecule has 0 unspecified atom stereocenters. The number of nitrogen functional groups attached to an aromatic ring is 1. The van der Waals surface area contributed by atoms with Gasteiger partial charge in [0.15, 0.2) is 0 Å². The topological polar surface area (TPSA) is 58.7 Å². The summed E-state index contributed by atoms with van der Waals surface area (Å²) in [6.45, 7) is 4.33. The molecular weight excluding hydrogens is 192 g/mol. The number of hydrogen-bond donors (Lipinski definition) is 2. The smallest absolute Gasteiger partial charge is 0.138 e. The molecule has 1 fully saturated rings. The summed E-state index contributed by atoms with van der Waals surface area (Å²) >= 11 is 0. The number of rotatable bonds is 2. The molecule has 1 heterocycles. The fourth-order valence-corrected chi connectivity index (χ4v) is 1.71. The molecule has 1 aliphatic heterocycles. The monoisotopic (exact) mass is 208 g/mol. The minimum atomic E-state index is 0.167.